The van der Waals surface area contributed by atoms with Gasteiger partial charge in [-0.3, -0.25) is 0 Å². The zero-order valence-corrected chi connectivity index (χ0v) is 7.84. The van der Waals surface area contributed by atoms with Crippen LogP contribution in [-0.2, 0) is 0 Å². The highest BCUT2D eigenvalue weighted by Crippen LogP contribution is 2.27. The van der Waals surface area contributed by atoms with E-state index in [1.54, 1.807) is 6.07 Å². The SMILES string of the molecule is Cc1ccc2cc(Cl)cc(O)c2n1. The Bertz CT molecular complexity index is 468. The van der Waals surface area contributed by atoms with E-state index in [4.69, 9.17) is 11.6 Å². The Morgan fingerprint density at radius 3 is 2.85 bits per heavy atom. The first-order chi connectivity index (χ1) is 6.16. The quantitative estimate of drug-likeness (QED) is 0.698. The Labute approximate surface area is 80.8 Å². The molecule has 0 fully saturated rings. The molecule has 2 rings (SSSR count). The summed E-state index contributed by atoms with van der Waals surface area (Å²) in [5.74, 6) is 0.131. The van der Waals surface area contributed by atoms with Crippen molar-refractivity contribution in [3.63, 3.8) is 0 Å². The first-order valence-corrected chi connectivity index (χ1v) is 4.30. The molecule has 2 aromatic rings. The minimum absolute atomic E-state index is 0.131. The lowest BCUT2D eigenvalue weighted by Gasteiger charge is -2.01. The van der Waals surface area contributed by atoms with Crippen molar-refractivity contribution < 1.29 is 5.11 Å². The molecule has 0 aliphatic carbocycles. The smallest absolute Gasteiger partial charge is 0.143 e. The maximum Gasteiger partial charge on any atom is 0.143 e. The standard InChI is InChI=1S/C10H8ClNO/c1-6-2-3-7-4-8(11)5-9(13)10(7)12-6/h2-5,13H,1H3. The second-order valence-corrected chi connectivity index (χ2v) is 3.39. The molecule has 1 heterocycles. The van der Waals surface area contributed by atoms with Crippen molar-refractivity contribution in [3.05, 3.63) is 35.0 Å². The lowest BCUT2D eigenvalue weighted by atomic mass is 10.2. The van der Waals surface area contributed by atoms with Gasteiger partial charge in [0.05, 0.1) is 0 Å². The average molecular weight is 194 g/mol. The van der Waals surface area contributed by atoms with Crippen LogP contribution in [0.15, 0.2) is 24.3 Å². The highest BCUT2D eigenvalue weighted by Gasteiger charge is 2.02. The van der Waals surface area contributed by atoms with Gasteiger partial charge < -0.3 is 5.11 Å². The number of aromatic hydroxyl groups is 1. The molecule has 0 bridgehead atoms. The molecule has 66 valence electrons. The Kier molecular flexibility index (Phi) is 1.85. The van der Waals surface area contributed by atoms with Crippen LogP contribution < -0.4 is 0 Å². The van der Waals surface area contributed by atoms with Crippen LogP contribution in [0.25, 0.3) is 10.9 Å². The molecule has 0 saturated heterocycles. The number of pyridine rings is 1. The molecule has 0 unspecified atom stereocenters. The minimum Gasteiger partial charge on any atom is -0.506 e. The normalized spacial score (nSPS) is 10.6. The molecule has 0 aliphatic heterocycles. The molecule has 1 aromatic carbocycles. The third-order valence-electron chi connectivity index (χ3n) is 1.88. The summed E-state index contributed by atoms with van der Waals surface area (Å²) in [5, 5.41) is 10.9. The summed E-state index contributed by atoms with van der Waals surface area (Å²) < 4.78 is 0. The number of aryl methyl sites for hydroxylation is 1. The van der Waals surface area contributed by atoms with Crippen LogP contribution in [0, 0.1) is 6.92 Å². The average Bonchev–Trinajstić information content (AvgIpc) is 2.06. The Hall–Kier alpha value is -1.28. The Balaban J connectivity index is 2.87. The van der Waals surface area contributed by atoms with Gasteiger partial charge in [-0.1, -0.05) is 17.7 Å². The lowest BCUT2D eigenvalue weighted by Crippen LogP contribution is -1.83. The number of hydrogen-bond acceptors (Lipinski definition) is 2. The fraction of sp³-hybridized carbons (Fsp3) is 0.100. The van der Waals surface area contributed by atoms with E-state index in [1.165, 1.54) is 6.07 Å². The van der Waals surface area contributed by atoms with Gasteiger partial charge in [0, 0.05) is 22.2 Å². The van der Waals surface area contributed by atoms with Gasteiger partial charge in [0.25, 0.3) is 0 Å². The molecule has 0 amide bonds. The van der Waals surface area contributed by atoms with E-state index in [1.807, 2.05) is 19.1 Å². The number of benzene rings is 1. The van der Waals surface area contributed by atoms with Gasteiger partial charge in [-0.15, -0.1) is 0 Å². The predicted molar refractivity (Wildman–Crippen MR) is 53.2 cm³/mol. The molecule has 0 saturated carbocycles. The summed E-state index contributed by atoms with van der Waals surface area (Å²) in [6.07, 6.45) is 0. The number of halogens is 1. The van der Waals surface area contributed by atoms with E-state index >= 15 is 0 Å². The molecule has 0 atom stereocenters. The number of hydrogen-bond donors (Lipinski definition) is 1. The first kappa shape index (κ1) is 8.32. The van der Waals surface area contributed by atoms with Gasteiger partial charge in [-0.25, -0.2) is 4.98 Å². The number of phenolic OH excluding ortho intramolecular Hbond substituents is 1. The predicted octanol–water partition coefficient (Wildman–Crippen LogP) is 2.90. The zero-order valence-electron chi connectivity index (χ0n) is 7.08. The van der Waals surface area contributed by atoms with E-state index in [9.17, 15) is 5.11 Å². The van der Waals surface area contributed by atoms with Gasteiger partial charge in [0.2, 0.25) is 0 Å². The topological polar surface area (TPSA) is 33.1 Å². The van der Waals surface area contributed by atoms with Crippen molar-refractivity contribution in [2.75, 3.05) is 0 Å². The first-order valence-electron chi connectivity index (χ1n) is 3.93. The van der Waals surface area contributed by atoms with Crippen molar-refractivity contribution in [1.82, 2.24) is 4.98 Å². The zero-order chi connectivity index (χ0) is 9.42. The van der Waals surface area contributed by atoms with Gasteiger partial charge >= 0.3 is 0 Å². The second-order valence-electron chi connectivity index (χ2n) is 2.95. The summed E-state index contributed by atoms with van der Waals surface area (Å²) in [5.41, 5.74) is 1.48. The van der Waals surface area contributed by atoms with E-state index < -0.39 is 0 Å². The monoisotopic (exact) mass is 193 g/mol. The molecular formula is C10H8ClNO. The van der Waals surface area contributed by atoms with Crippen LogP contribution in [-0.4, -0.2) is 10.1 Å². The molecule has 13 heavy (non-hydrogen) atoms. The van der Waals surface area contributed by atoms with Crippen LogP contribution in [0.4, 0.5) is 0 Å². The summed E-state index contributed by atoms with van der Waals surface area (Å²) in [6.45, 7) is 1.88. The maximum atomic E-state index is 9.53. The van der Waals surface area contributed by atoms with E-state index in [0.29, 0.717) is 10.5 Å². The fourth-order valence-corrected chi connectivity index (χ4v) is 1.50. The summed E-state index contributed by atoms with van der Waals surface area (Å²) in [7, 11) is 0. The van der Waals surface area contributed by atoms with Crippen molar-refractivity contribution in [1.29, 1.82) is 0 Å². The largest absolute Gasteiger partial charge is 0.506 e. The van der Waals surface area contributed by atoms with Gasteiger partial charge in [0.15, 0.2) is 0 Å². The number of fused-ring (bicyclic) bond motifs is 1. The molecule has 3 heteroatoms. The van der Waals surface area contributed by atoms with Gasteiger partial charge in [-0.2, -0.15) is 0 Å². The number of nitrogens with zero attached hydrogens (tertiary/aromatic N) is 1. The van der Waals surface area contributed by atoms with Crippen LogP contribution in [0.2, 0.25) is 5.02 Å². The van der Waals surface area contributed by atoms with Crippen molar-refractivity contribution >= 4 is 22.5 Å². The number of rotatable bonds is 0. The molecule has 0 radical (unpaired) electrons. The van der Waals surface area contributed by atoms with Crippen molar-refractivity contribution in [2.45, 2.75) is 6.92 Å². The van der Waals surface area contributed by atoms with Crippen LogP contribution in [0.1, 0.15) is 5.69 Å². The number of aromatic nitrogens is 1. The highest BCUT2D eigenvalue weighted by molar-refractivity contribution is 6.31. The maximum absolute atomic E-state index is 9.53. The van der Waals surface area contributed by atoms with E-state index in [0.717, 1.165) is 11.1 Å². The van der Waals surface area contributed by atoms with Crippen LogP contribution in [0.3, 0.4) is 0 Å². The van der Waals surface area contributed by atoms with Gasteiger partial charge in [-0.05, 0) is 19.1 Å². The molecule has 2 nitrogen and oxygen atoms in total. The summed E-state index contributed by atoms with van der Waals surface area (Å²) >= 11 is 5.78. The molecular weight excluding hydrogens is 186 g/mol. The van der Waals surface area contributed by atoms with Crippen molar-refractivity contribution in [3.8, 4) is 5.75 Å². The molecule has 0 aliphatic rings. The highest BCUT2D eigenvalue weighted by atomic mass is 35.5. The summed E-state index contributed by atoms with van der Waals surface area (Å²) in [4.78, 5) is 4.21. The van der Waals surface area contributed by atoms with Crippen LogP contribution in [0.5, 0.6) is 5.75 Å². The minimum atomic E-state index is 0.131. The van der Waals surface area contributed by atoms with Crippen LogP contribution >= 0.6 is 11.6 Å². The third-order valence-corrected chi connectivity index (χ3v) is 2.09. The van der Waals surface area contributed by atoms with E-state index in [2.05, 4.69) is 4.98 Å². The number of phenols is 1. The molecule has 0 spiro atoms. The lowest BCUT2D eigenvalue weighted by molar-refractivity contribution is 0.480. The van der Waals surface area contributed by atoms with Crippen molar-refractivity contribution in [2.24, 2.45) is 0 Å². The van der Waals surface area contributed by atoms with Gasteiger partial charge in [0.1, 0.15) is 11.3 Å². The molecule has 1 N–H and O–H groups in total. The van der Waals surface area contributed by atoms with E-state index in [-0.39, 0.29) is 5.75 Å². The Morgan fingerprint density at radius 2 is 2.08 bits per heavy atom. The fourth-order valence-electron chi connectivity index (χ4n) is 1.28. The molecule has 1 aromatic heterocycles. The Morgan fingerprint density at radius 1 is 1.31 bits per heavy atom. The second kappa shape index (κ2) is 2.89. The third kappa shape index (κ3) is 1.45. The summed E-state index contributed by atoms with van der Waals surface area (Å²) in [6, 6.07) is 7.06.